The van der Waals surface area contributed by atoms with Crippen molar-refractivity contribution in [2.75, 3.05) is 13.2 Å². The van der Waals surface area contributed by atoms with Crippen molar-refractivity contribution in [2.45, 2.75) is 13.0 Å². The molecule has 0 spiro atoms. The van der Waals surface area contributed by atoms with E-state index >= 15 is 0 Å². The second-order valence-corrected chi connectivity index (χ2v) is 4.58. The molecule has 0 aliphatic carbocycles. The lowest BCUT2D eigenvalue weighted by molar-refractivity contribution is -0.142. The molecule has 0 heterocycles. The number of halogens is 1. The van der Waals surface area contributed by atoms with Gasteiger partial charge in [-0.3, -0.25) is 10.1 Å². The molecule has 0 aliphatic heterocycles. The maximum absolute atomic E-state index is 13.1. The number of ether oxygens (including phenoxy) is 1. The Morgan fingerprint density at radius 1 is 1.10 bits per heavy atom. The fourth-order valence-electron chi connectivity index (χ4n) is 2.13. The Kier molecular flexibility index (Phi) is 5.46. The minimum Gasteiger partial charge on any atom is -0.465 e. The molecule has 0 bridgehead atoms. The highest BCUT2D eigenvalue weighted by molar-refractivity contribution is 5.71. The Morgan fingerprint density at radius 3 is 2.33 bits per heavy atom. The van der Waals surface area contributed by atoms with E-state index in [9.17, 15) is 9.18 Å². The highest BCUT2D eigenvalue weighted by atomic mass is 19.1. The van der Waals surface area contributed by atoms with Crippen LogP contribution >= 0.6 is 0 Å². The fraction of sp³-hybridized carbons (Fsp3) is 0.235. The van der Waals surface area contributed by atoms with Gasteiger partial charge in [0.2, 0.25) is 0 Å². The highest BCUT2D eigenvalue weighted by Crippen LogP contribution is 2.22. The van der Waals surface area contributed by atoms with Crippen LogP contribution in [0.15, 0.2) is 54.6 Å². The average molecular weight is 287 g/mol. The van der Waals surface area contributed by atoms with Gasteiger partial charge in [-0.2, -0.15) is 0 Å². The third kappa shape index (κ3) is 4.39. The lowest BCUT2D eigenvalue weighted by Gasteiger charge is -2.19. The summed E-state index contributed by atoms with van der Waals surface area (Å²) in [6.07, 6.45) is 0. The van der Waals surface area contributed by atoms with Crippen molar-refractivity contribution in [3.63, 3.8) is 0 Å². The number of carbonyl (C=O) groups excluding carboxylic acids is 1. The molecule has 110 valence electrons. The van der Waals surface area contributed by atoms with Crippen LogP contribution in [0.5, 0.6) is 0 Å². The van der Waals surface area contributed by atoms with Crippen LogP contribution in [0.2, 0.25) is 0 Å². The number of hydrogen-bond acceptors (Lipinski definition) is 3. The number of hydrogen-bond donors (Lipinski definition) is 1. The van der Waals surface area contributed by atoms with E-state index in [4.69, 9.17) is 4.74 Å². The zero-order valence-electron chi connectivity index (χ0n) is 11.9. The Labute approximate surface area is 123 Å². The van der Waals surface area contributed by atoms with Gasteiger partial charge in [-0.05, 0) is 30.2 Å². The van der Waals surface area contributed by atoms with Gasteiger partial charge >= 0.3 is 5.97 Å². The quantitative estimate of drug-likeness (QED) is 0.830. The molecule has 0 amide bonds. The standard InChI is InChI=1S/C17H18FNO2/c1-2-21-16(20)12-19-17(13-6-4-3-5-7-13)14-8-10-15(18)11-9-14/h3-11,17,19H,2,12H2,1H3. The van der Waals surface area contributed by atoms with Crippen molar-refractivity contribution in [1.82, 2.24) is 5.32 Å². The van der Waals surface area contributed by atoms with E-state index in [1.54, 1.807) is 19.1 Å². The maximum atomic E-state index is 13.1. The summed E-state index contributed by atoms with van der Waals surface area (Å²) in [5, 5.41) is 3.16. The summed E-state index contributed by atoms with van der Waals surface area (Å²) in [5.41, 5.74) is 1.90. The molecule has 0 fully saturated rings. The summed E-state index contributed by atoms with van der Waals surface area (Å²) in [4.78, 5) is 11.5. The minimum atomic E-state index is -0.305. The lowest BCUT2D eigenvalue weighted by atomic mass is 9.99. The van der Waals surface area contributed by atoms with Gasteiger partial charge in [0, 0.05) is 0 Å². The molecule has 2 aromatic rings. The maximum Gasteiger partial charge on any atom is 0.319 e. The zero-order valence-corrected chi connectivity index (χ0v) is 11.9. The first-order valence-corrected chi connectivity index (χ1v) is 6.90. The van der Waals surface area contributed by atoms with Gasteiger partial charge in [-0.15, -0.1) is 0 Å². The van der Waals surface area contributed by atoms with E-state index in [0.29, 0.717) is 6.61 Å². The van der Waals surface area contributed by atoms with Crippen molar-refractivity contribution >= 4 is 5.97 Å². The number of benzene rings is 2. The van der Waals surface area contributed by atoms with E-state index < -0.39 is 0 Å². The number of carbonyl (C=O) groups is 1. The third-order valence-corrected chi connectivity index (χ3v) is 3.09. The first-order valence-electron chi connectivity index (χ1n) is 6.90. The first kappa shape index (κ1) is 15.2. The predicted molar refractivity (Wildman–Crippen MR) is 79.3 cm³/mol. The summed E-state index contributed by atoms with van der Waals surface area (Å²) >= 11 is 0. The van der Waals surface area contributed by atoms with Gasteiger partial charge < -0.3 is 4.74 Å². The number of nitrogens with one attached hydrogen (secondary N) is 1. The average Bonchev–Trinajstić information content (AvgIpc) is 2.50. The Balaban J connectivity index is 2.18. The lowest BCUT2D eigenvalue weighted by Crippen LogP contribution is -2.29. The summed E-state index contributed by atoms with van der Waals surface area (Å²) in [6, 6.07) is 15.8. The summed E-state index contributed by atoms with van der Waals surface area (Å²) in [5.74, 6) is -0.587. The van der Waals surface area contributed by atoms with E-state index in [-0.39, 0.29) is 24.4 Å². The Morgan fingerprint density at radius 2 is 1.71 bits per heavy atom. The monoisotopic (exact) mass is 287 g/mol. The fourth-order valence-corrected chi connectivity index (χ4v) is 2.13. The van der Waals surface area contributed by atoms with Crippen LogP contribution in [0.3, 0.4) is 0 Å². The van der Waals surface area contributed by atoms with E-state index in [1.165, 1.54) is 12.1 Å². The molecular formula is C17H18FNO2. The molecule has 1 unspecified atom stereocenters. The van der Waals surface area contributed by atoms with Crippen LogP contribution in [0.25, 0.3) is 0 Å². The molecule has 2 rings (SSSR count). The van der Waals surface area contributed by atoms with E-state index in [2.05, 4.69) is 5.32 Å². The van der Waals surface area contributed by atoms with Crippen LogP contribution < -0.4 is 5.32 Å². The van der Waals surface area contributed by atoms with Gasteiger partial charge in [0.15, 0.2) is 0 Å². The van der Waals surface area contributed by atoms with Gasteiger partial charge in [-0.25, -0.2) is 4.39 Å². The van der Waals surface area contributed by atoms with Gasteiger partial charge in [0.25, 0.3) is 0 Å². The van der Waals surface area contributed by atoms with Crippen LogP contribution in [0.4, 0.5) is 4.39 Å². The summed E-state index contributed by atoms with van der Waals surface area (Å²) in [6.45, 7) is 2.23. The van der Waals surface area contributed by atoms with Gasteiger partial charge in [0.1, 0.15) is 5.82 Å². The topological polar surface area (TPSA) is 38.3 Å². The Hall–Kier alpha value is -2.20. The number of esters is 1. The molecule has 21 heavy (non-hydrogen) atoms. The molecule has 0 aliphatic rings. The molecule has 0 radical (unpaired) electrons. The summed E-state index contributed by atoms with van der Waals surface area (Å²) < 4.78 is 18.0. The second-order valence-electron chi connectivity index (χ2n) is 4.58. The molecule has 3 nitrogen and oxygen atoms in total. The molecule has 0 aromatic heterocycles. The van der Waals surface area contributed by atoms with Gasteiger partial charge in [0.05, 0.1) is 19.2 Å². The Bertz CT molecular complexity index is 569. The van der Waals surface area contributed by atoms with Gasteiger partial charge in [-0.1, -0.05) is 42.5 Å². The number of rotatable bonds is 6. The van der Waals surface area contributed by atoms with Crippen molar-refractivity contribution in [3.05, 3.63) is 71.5 Å². The zero-order chi connectivity index (χ0) is 15.1. The minimum absolute atomic E-state index is 0.102. The molecule has 2 aromatic carbocycles. The second kappa shape index (κ2) is 7.55. The van der Waals surface area contributed by atoms with Crippen LogP contribution in [-0.4, -0.2) is 19.1 Å². The molecule has 1 atom stereocenters. The van der Waals surface area contributed by atoms with E-state index in [1.807, 2.05) is 30.3 Å². The van der Waals surface area contributed by atoms with Crippen LogP contribution in [0, 0.1) is 5.82 Å². The first-order chi connectivity index (χ1) is 10.2. The molecule has 1 N–H and O–H groups in total. The third-order valence-electron chi connectivity index (χ3n) is 3.09. The van der Waals surface area contributed by atoms with Crippen LogP contribution in [0.1, 0.15) is 24.1 Å². The smallest absolute Gasteiger partial charge is 0.319 e. The SMILES string of the molecule is CCOC(=O)CNC(c1ccccc1)c1ccc(F)cc1. The van der Waals surface area contributed by atoms with Crippen LogP contribution in [-0.2, 0) is 9.53 Å². The summed E-state index contributed by atoms with van der Waals surface area (Å²) in [7, 11) is 0. The van der Waals surface area contributed by atoms with Crippen molar-refractivity contribution in [3.8, 4) is 0 Å². The molecular weight excluding hydrogens is 269 g/mol. The molecule has 0 saturated heterocycles. The van der Waals surface area contributed by atoms with Crippen molar-refractivity contribution in [2.24, 2.45) is 0 Å². The normalized spacial score (nSPS) is 11.9. The predicted octanol–water partition coefficient (Wildman–Crippen LogP) is 3.07. The van der Waals surface area contributed by atoms with Crippen molar-refractivity contribution < 1.29 is 13.9 Å². The molecule has 4 heteroatoms. The van der Waals surface area contributed by atoms with E-state index in [0.717, 1.165) is 11.1 Å². The largest absolute Gasteiger partial charge is 0.465 e. The molecule has 0 saturated carbocycles. The van der Waals surface area contributed by atoms with Crippen molar-refractivity contribution in [1.29, 1.82) is 0 Å². The highest BCUT2D eigenvalue weighted by Gasteiger charge is 2.15.